The van der Waals surface area contributed by atoms with Gasteiger partial charge in [-0.1, -0.05) is 6.07 Å². The third-order valence-electron chi connectivity index (χ3n) is 2.89. The largest absolute Gasteiger partial charge is 0.379 e. The second kappa shape index (κ2) is 7.40. The summed E-state index contributed by atoms with van der Waals surface area (Å²) in [5, 5.41) is 6.03. The van der Waals surface area contributed by atoms with Crippen LogP contribution in [0.4, 0.5) is 11.4 Å². The van der Waals surface area contributed by atoms with Gasteiger partial charge in [-0.3, -0.25) is 9.78 Å². The summed E-state index contributed by atoms with van der Waals surface area (Å²) in [6.07, 6.45) is 1.85. The van der Waals surface area contributed by atoms with E-state index in [0.29, 0.717) is 6.54 Å². The van der Waals surface area contributed by atoms with E-state index in [1.807, 2.05) is 49.5 Å². The van der Waals surface area contributed by atoms with Crippen LogP contribution < -0.4 is 10.6 Å². The second-order valence-electron chi connectivity index (χ2n) is 4.74. The summed E-state index contributed by atoms with van der Waals surface area (Å²) in [4.78, 5) is 15.7. The van der Waals surface area contributed by atoms with Crippen LogP contribution >= 0.6 is 0 Å². The number of anilines is 2. The molecule has 2 rings (SSSR count). The maximum atomic E-state index is 11.4. The Morgan fingerprint density at radius 1 is 1.14 bits per heavy atom. The van der Waals surface area contributed by atoms with E-state index in [-0.39, 0.29) is 12.5 Å². The van der Waals surface area contributed by atoms with E-state index in [2.05, 4.69) is 15.6 Å². The van der Waals surface area contributed by atoms with E-state index < -0.39 is 0 Å². The maximum absolute atomic E-state index is 11.4. The Balaban J connectivity index is 1.87. The minimum atomic E-state index is -0.165. The van der Waals surface area contributed by atoms with Crippen LogP contribution in [-0.4, -0.2) is 24.6 Å². The number of ether oxygens (including phenoxy) is 1. The Morgan fingerprint density at radius 2 is 1.86 bits per heavy atom. The average Bonchev–Trinajstić information content (AvgIpc) is 2.48. The molecule has 0 aliphatic heterocycles. The number of hydrogen-bond acceptors (Lipinski definition) is 4. The second-order valence-corrected chi connectivity index (χ2v) is 4.74. The van der Waals surface area contributed by atoms with Gasteiger partial charge < -0.3 is 15.4 Å². The van der Waals surface area contributed by atoms with Crippen molar-refractivity contribution in [1.82, 2.24) is 4.98 Å². The molecule has 0 aliphatic carbocycles. The van der Waals surface area contributed by atoms with Crippen molar-refractivity contribution in [2.45, 2.75) is 13.5 Å². The van der Waals surface area contributed by atoms with Gasteiger partial charge in [0.15, 0.2) is 0 Å². The molecule has 0 saturated heterocycles. The summed E-state index contributed by atoms with van der Waals surface area (Å²) in [5.74, 6) is -0.165. The number of methoxy groups -OCH3 is 1. The van der Waals surface area contributed by atoms with E-state index in [0.717, 1.165) is 22.6 Å². The lowest BCUT2D eigenvalue weighted by Crippen LogP contribution is -2.16. The number of rotatable bonds is 6. The van der Waals surface area contributed by atoms with Gasteiger partial charge in [-0.25, -0.2) is 0 Å². The van der Waals surface area contributed by atoms with Gasteiger partial charge in [-0.15, -0.1) is 0 Å². The first kappa shape index (κ1) is 15.0. The zero-order valence-electron chi connectivity index (χ0n) is 12.2. The number of nitrogens with zero attached hydrogens (tertiary/aromatic N) is 1. The number of carbonyl (C=O) groups excluding carboxylic acids is 1. The van der Waals surface area contributed by atoms with Gasteiger partial charge in [-0.05, 0) is 42.8 Å². The van der Waals surface area contributed by atoms with E-state index in [4.69, 9.17) is 4.74 Å². The predicted octanol–water partition coefficient (Wildman–Crippen LogP) is 2.59. The lowest BCUT2D eigenvalue weighted by atomic mass is 10.2. The van der Waals surface area contributed by atoms with Crippen molar-refractivity contribution in [3.05, 3.63) is 53.9 Å². The highest BCUT2D eigenvalue weighted by Crippen LogP contribution is 2.14. The van der Waals surface area contributed by atoms with Crippen molar-refractivity contribution in [2.24, 2.45) is 0 Å². The minimum absolute atomic E-state index is 0.0547. The highest BCUT2D eigenvalue weighted by molar-refractivity contribution is 5.91. The van der Waals surface area contributed by atoms with Gasteiger partial charge in [0.2, 0.25) is 5.91 Å². The van der Waals surface area contributed by atoms with Crippen LogP contribution in [0.3, 0.4) is 0 Å². The summed E-state index contributed by atoms with van der Waals surface area (Å²) in [7, 11) is 1.49. The Kier molecular flexibility index (Phi) is 5.29. The molecule has 1 aromatic heterocycles. The molecule has 110 valence electrons. The monoisotopic (exact) mass is 285 g/mol. The average molecular weight is 285 g/mol. The highest BCUT2D eigenvalue weighted by Gasteiger charge is 2.01. The van der Waals surface area contributed by atoms with Crippen LogP contribution in [0.5, 0.6) is 0 Å². The third kappa shape index (κ3) is 4.89. The van der Waals surface area contributed by atoms with Crippen LogP contribution in [0.25, 0.3) is 0 Å². The van der Waals surface area contributed by atoms with Crippen LogP contribution in [0.15, 0.2) is 42.6 Å². The normalized spacial score (nSPS) is 10.2. The molecule has 0 aliphatic rings. The smallest absolute Gasteiger partial charge is 0.250 e. The van der Waals surface area contributed by atoms with Crippen LogP contribution in [0.1, 0.15) is 11.3 Å². The zero-order chi connectivity index (χ0) is 15.1. The lowest BCUT2D eigenvalue weighted by Gasteiger charge is -2.08. The van der Waals surface area contributed by atoms with Gasteiger partial charge in [0.1, 0.15) is 6.61 Å². The molecule has 5 heteroatoms. The van der Waals surface area contributed by atoms with Crippen molar-refractivity contribution in [3.63, 3.8) is 0 Å². The molecular formula is C16H19N3O2. The van der Waals surface area contributed by atoms with Gasteiger partial charge in [0, 0.05) is 24.7 Å². The molecule has 0 bridgehead atoms. The molecule has 0 radical (unpaired) electrons. The van der Waals surface area contributed by atoms with Crippen molar-refractivity contribution in [3.8, 4) is 0 Å². The molecule has 1 aromatic carbocycles. The Labute approximate surface area is 124 Å². The van der Waals surface area contributed by atoms with E-state index in [1.165, 1.54) is 7.11 Å². The van der Waals surface area contributed by atoms with Crippen LogP contribution in [0.2, 0.25) is 0 Å². The van der Waals surface area contributed by atoms with Gasteiger partial charge in [0.25, 0.3) is 0 Å². The molecule has 2 N–H and O–H groups in total. The molecule has 1 heterocycles. The molecule has 5 nitrogen and oxygen atoms in total. The first-order valence-corrected chi connectivity index (χ1v) is 6.71. The van der Waals surface area contributed by atoms with E-state index in [1.54, 1.807) is 0 Å². The Hall–Kier alpha value is -2.40. The summed E-state index contributed by atoms with van der Waals surface area (Å²) >= 11 is 0. The van der Waals surface area contributed by atoms with Crippen molar-refractivity contribution < 1.29 is 9.53 Å². The molecule has 0 unspecified atom stereocenters. The molecule has 21 heavy (non-hydrogen) atoms. The fraction of sp³-hybridized carbons (Fsp3) is 0.250. The molecular weight excluding hydrogens is 266 g/mol. The minimum Gasteiger partial charge on any atom is -0.379 e. The number of pyridine rings is 1. The van der Waals surface area contributed by atoms with Gasteiger partial charge in [-0.2, -0.15) is 0 Å². The van der Waals surface area contributed by atoms with Crippen LogP contribution in [-0.2, 0) is 16.1 Å². The Bertz CT molecular complexity index is 579. The number of benzene rings is 1. The first-order valence-electron chi connectivity index (χ1n) is 6.71. The fourth-order valence-electron chi connectivity index (χ4n) is 1.80. The van der Waals surface area contributed by atoms with E-state index >= 15 is 0 Å². The number of aromatic nitrogens is 1. The number of nitrogens with one attached hydrogen (secondary N) is 2. The number of aryl methyl sites for hydroxylation is 1. The molecule has 0 fully saturated rings. The topological polar surface area (TPSA) is 63.2 Å². The zero-order valence-corrected chi connectivity index (χ0v) is 12.2. The van der Waals surface area contributed by atoms with Crippen molar-refractivity contribution >= 4 is 17.3 Å². The fourth-order valence-corrected chi connectivity index (χ4v) is 1.80. The third-order valence-corrected chi connectivity index (χ3v) is 2.89. The SMILES string of the molecule is COCC(=O)Nc1ccc(NCc2ccc(C)cn2)cc1. The summed E-state index contributed by atoms with van der Waals surface area (Å²) in [6.45, 7) is 2.73. The van der Waals surface area contributed by atoms with Crippen LogP contribution in [0, 0.1) is 6.92 Å². The maximum Gasteiger partial charge on any atom is 0.250 e. The Morgan fingerprint density at radius 3 is 2.48 bits per heavy atom. The molecule has 1 amide bonds. The molecule has 2 aromatic rings. The van der Waals surface area contributed by atoms with E-state index in [9.17, 15) is 4.79 Å². The quantitative estimate of drug-likeness (QED) is 0.856. The summed E-state index contributed by atoms with van der Waals surface area (Å²) in [6, 6.07) is 11.6. The predicted molar refractivity (Wildman–Crippen MR) is 83.2 cm³/mol. The molecule has 0 saturated carbocycles. The summed E-state index contributed by atoms with van der Waals surface area (Å²) < 4.78 is 4.76. The van der Waals surface area contributed by atoms with Gasteiger partial charge in [0.05, 0.1) is 12.2 Å². The van der Waals surface area contributed by atoms with Crippen molar-refractivity contribution in [1.29, 1.82) is 0 Å². The molecule has 0 atom stereocenters. The first-order chi connectivity index (χ1) is 10.2. The lowest BCUT2D eigenvalue weighted by molar-refractivity contribution is -0.119. The number of hydrogen-bond donors (Lipinski definition) is 2. The molecule has 0 spiro atoms. The number of carbonyl (C=O) groups is 1. The highest BCUT2D eigenvalue weighted by atomic mass is 16.5. The standard InChI is InChI=1S/C16H19N3O2/c1-12-3-4-15(17-9-12)10-18-13-5-7-14(8-6-13)19-16(20)11-21-2/h3-9,18H,10-11H2,1-2H3,(H,19,20). The number of amides is 1. The summed E-state index contributed by atoms with van der Waals surface area (Å²) in [5.41, 5.74) is 3.85. The van der Waals surface area contributed by atoms with Gasteiger partial charge >= 0.3 is 0 Å². The van der Waals surface area contributed by atoms with Crippen molar-refractivity contribution in [2.75, 3.05) is 24.4 Å².